The minimum absolute atomic E-state index is 0.118. The fourth-order valence-corrected chi connectivity index (χ4v) is 2.36. The molecule has 0 fully saturated rings. The van der Waals surface area contributed by atoms with Gasteiger partial charge in [0.1, 0.15) is 0 Å². The van der Waals surface area contributed by atoms with Gasteiger partial charge in [0, 0.05) is 34.9 Å². The van der Waals surface area contributed by atoms with Crippen LogP contribution in [0.5, 0.6) is 0 Å². The number of imidazole rings is 1. The van der Waals surface area contributed by atoms with Gasteiger partial charge in [-0.15, -0.1) is 12.6 Å². The van der Waals surface area contributed by atoms with Gasteiger partial charge >= 0.3 is 0 Å². The third kappa shape index (κ3) is 3.36. The van der Waals surface area contributed by atoms with E-state index in [4.69, 9.17) is 0 Å². The van der Waals surface area contributed by atoms with E-state index in [2.05, 4.69) is 38.9 Å². The van der Waals surface area contributed by atoms with Crippen molar-refractivity contribution in [2.75, 3.05) is 6.54 Å². The van der Waals surface area contributed by atoms with Crippen molar-refractivity contribution in [2.45, 2.75) is 11.4 Å². The van der Waals surface area contributed by atoms with Crippen LogP contribution in [0.25, 0.3) is 0 Å². The van der Waals surface area contributed by atoms with E-state index < -0.39 is 0 Å². The summed E-state index contributed by atoms with van der Waals surface area (Å²) in [5.74, 6) is -0.118. The molecule has 4 nitrogen and oxygen atoms in total. The molecule has 2 aromatic rings. The summed E-state index contributed by atoms with van der Waals surface area (Å²) in [5, 5.41) is 2.85. The van der Waals surface area contributed by atoms with Gasteiger partial charge in [0.05, 0.1) is 11.9 Å². The van der Waals surface area contributed by atoms with E-state index in [-0.39, 0.29) is 5.91 Å². The molecule has 0 spiro atoms. The van der Waals surface area contributed by atoms with Crippen LogP contribution in [0.3, 0.4) is 0 Å². The summed E-state index contributed by atoms with van der Waals surface area (Å²) in [7, 11) is 0. The molecule has 6 heteroatoms. The molecule has 0 aliphatic carbocycles. The van der Waals surface area contributed by atoms with Crippen LogP contribution in [0.1, 0.15) is 10.4 Å². The maximum Gasteiger partial charge on any atom is 0.252 e. The number of amides is 1. The van der Waals surface area contributed by atoms with E-state index in [0.29, 0.717) is 23.5 Å². The molecule has 0 saturated carbocycles. The van der Waals surface area contributed by atoms with E-state index in [1.165, 1.54) is 0 Å². The highest BCUT2D eigenvalue weighted by molar-refractivity contribution is 9.10. The molecule has 0 saturated heterocycles. The lowest BCUT2D eigenvalue weighted by Crippen LogP contribution is -2.27. The quantitative estimate of drug-likeness (QED) is 0.848. The number of rotatable bonds is 4. The van der Waals surface area contributed by atoms with Crippen LogP contribution >= 0.6 is 28.6 Å². The summed E-state index contributed by atoms with van der Waals surface area (Å²) in [6.45, 7) is 1.25. The topological polar surface area (TPSA) is 46.9 Å². The largest absolute Gasteiger partial charge is 0.350 e. The monoisotopic (exact) mass is 325 g/mol. The highest BCUT2D eigenvalue weighted by atomic mass is 79.9. The average Bonchev–Trinajstić information content (AvgIpc) is 2.81. The normalized spacial score (nSPS) is 10.3. The predicted octanol–water partition coefficient (Wildman–Crippen LogP) is 2.36. The molecule has 0 aliphatic rings. The second-order valence-corrected chi connectivity index (χ2v) is 5.12. The molecule has 2 rings (SSSR count). The number of halogens is 1. The number of nitrogens with one attached hydrogen (secondary N) is 1. The number of thiol groups is 1. The first-order valence-electron chi connectivity index (χ1n) is 5.39. The number of hydrogen-bond donors (Lipinski definition) is 2. The molecule has 18 heavy (non-hydrogen) atoms. The van der Waals surface area contributed by atoms with Gasteiger partial charge in [-0.3, -0.25) is 4.79 Å². The molecule has 0 unspecified atom stereocenters. The zero-order valence-electron chi connectivity index (χ0n) is 9.51. The van der Waals surface area contributed by atoms with Gasteiger partial charge in [0.15, 0.2) is 0 Å². The van der Waals surface area contributed by atoms with Crippen molar-refractivity contribution < 1.29 is 4.79 Å². The highest BCUT2D eigenvalue weighted by Crippen LogP contribution is 2.19. The molecule has 1 aromatic heterocycles. The zero-order chi connectivity index (χ0) is 13.0. The average molecular weight is 326 g/mol. The predicted molar refractivity (Wildman–Crippen MR) is 76.0 cm³/mol. The molecule has 0 aliphatic heterocycles. The first-order valence-corrected chi connectivity index (χ1v) is 6.63. The van der Waals surface area contributed by atoms with Crippen LogP contribution in [0, 0.1) is 0 Å². The van der Waals surface area contributed by atoms with Crippen molar-refractivity contribution in [3.8, 4) is 0 Å². The molecule has 94 valence electrons. The lowest BCUT2D eigenvalue weighted by atomic mass is 10.2. The smallest absolute Gasteiger partial charge is 0.252 e. The summed E-state index contributed by atoms with van der Waals surface area (Å²) in [6, 6.07) is 5.37. The van der Waals surface area contributed by atoms with Crippen LogP contribution < -0.4 is 5.32 Å². The van der Waals surface area contributed by atoms with E-state index in [9.17, 15) is 4.79 Å². The van der Waals surface area contributed by atoms with Gasteiger partial charge in [-0.25, -0.2) is 4.98 Å². The Labute approximate surface area is 119 Å². The van der Waals surface area contributed by atoms with Crippen molar-refractivity contribution in [2.24, 2.45) is 0 Å². The Morgan fingerprint density at radius 3 is 3.00 bits per heavy atom. The minimum atomic E-state index is -0.118. The minimum Gasteiger partial charge on any atom is -0.350 e. The Morgan fingerprint density at radius 2 is 2.33 bits per heavy atom. The van der Waals surface area contributed by atoms with E-state index in [1.54, 1.807) is 24.7 Å². The molecular formula is C12H12BrN3OS. The summed E-state index contributed by atoms with van der Waals surface area (Å²) in [6.07, 6.45) is 5.29. The molecule has 1 heterocycles. The molecule has 1 amide bonds. The lowest BCUT2D eigenvalue weighted by Gasteiger charge is -2.08. The summed E-state index contributed by atoms with van der Waals surface area (Å²) in [5.41, 5.74) is 0.576. The Morgan fingerprint density at radius 1 is 1.50 bits per heavy atom. The number of carbonyl (C=O) groups excluding carboxylic acids is 1. The Kier molecular flexibility index (Phi) is 4.43. The van der Waals surface area contributed by atoms with Gasteiger partial charge in [0.25, 0.3) is 5.91 Å². The van der Waals surface area contributed by atoms with E-state index in [0.717, 1.165) is 4.47 Å². The highest BCUT2D eigenvalue weighted by Gasteiger charge is 2.08. The van der Waals surface area contributed by atoms with Crippen molar-refractivity contribution in [1.82, 2.24) is 14.9 Å². The second-order valence-electron chi connectivity index (χ2n) is 3.72. The number of carbonyl (C=O) groups is 1. The number of hydrogen-bond acceptors (Lipinski definition) is 3. The number of nitrogens with zero attached hydrogens (tertiary/aromatic N) is 2. The Bertz CT molecular complexity index is 542. The first-order chi connectivity index (χ1) is 8.66. The van der Waals surface area contributed by atoms with Gasteiger partial charge in [-0.2, -0.15) is 0 Å². The van der Waals surface area contributed by atoms with Crippen molar-refractivity contribution in [3.05, 3.63) is 47.0 Å². The van der Waals surface area contributed by atoms with E-state index >= 15 is 0 Å². The van der Waals surface area contributed by atoms with Gasteiger partial charge in [0.2, 0.25) is 0 Å². The van der Waals surface area contributed by atoms with Crippen LogP contribution in [-0.2, 0) is 6.54 Å². The lowest BCUT2D eigenvalue weighted by molar-refractivity contribution is 0.0949. The molecule has 1 aromatic carbocycles. The van der Waals surface area contributed by atoms with Crippen molar-refractivity contribution in [1.29, 1.82) is 0 Å². The Hall–Kier alpha value is -1.27. The van der Waals surface area contributed by atoms with Gasteiger partial charge < -0.3 is 9.88 Å². The SMILES string of the molecule is O=C(NCCn1ccnc1)c1ccc(Br)cc1S. The molecule has 1 N–H and O–H groups in total. The van der Waals surface area contributed by atoms with Crippen molar-refractivity contribution in [3.63, 3.8) is 0 Å². The van der Waals surface area contributed by atoms with Crippen LogP contribution in [0.4, 0.5) is 0 Å². The van der Waals surface area contributed by atoms with E-state index in [1.807, 2.05) is 16.8 Å². The maximum atomic E-state index is 11.9. The van der Waals surface area contributed by atoms with Crippen LogP contribution in [0.2, 0.25) is 0 Å². The first kappa shape index (κ1) is 13.2. The van der Waals surface area contributed by atoms with Crippen LogP contribution in [0.15, 0.2) is 46.3 Å². The maximum absolute atomic E-state index is 11.9. The fraction of sp³-hybridized carbons (Fsp3) is 0.167. The summed E-state index contributed by atoms with van der Waals surface area (Å²) >= 11 is 7.62. The second kappa shape index (κ2) is 6.06. The Balaban J connectivity index is 1.91. The zero-order valence-corrected chi connectivity index (χ0v) is 12.0. The third-order valence-electron chi connectivity index (χ3n) is 2.42. The molecule has 0 bridgehead atoms. The number of aromatic nitrogens is 2. The summed E-state index contributed by atoms with van der Waals surface area (Å²) < 4.78 is 2.81. The molecule has 0 radical (unpaired) electrons. The third-order valence-corrected chi connectivity index (χ3v) is 3.28. The number of benzene rings is 1. The van der Waals surface area contributed by atoms with Crippen LogP contribution in [-0.4, -0.2) is 22.0 Å². The molecular weight excluding hydrogens is 314 g/mol. The fourth-order valence-electron chi connectivity index (χ4n) is 1.51. The molecule has 0 atom stereocenters. The van der Waals surface area contributed by atoms with Crippen molar-refractivity contribution >= 4 is 34.5 Å². The van der Waals surface area contributed by atoms with Gasteiger partial charge in [-0.1, -0.05) is 15.9 Å². The van der Waals surface area contributed by atoms with Gasteiger partial charge in [-0.05, 0) is 18.2 Å². The standard InChI is InChI=1S/C12H12BrN3OS/c13-9-1-2-10(11(18)7-9)12(17)15-4-6-16-5-3-14-8-16/h1-3,5,7-8,18H,4,6H2,(H,15,17). The summed E-state index contributed by atoms with van der Waals surface area (Å²) in [4.78, 5) is 16.5.